The summed E-state index contributed by atoms with van der Waals surface area (Å²) in [6, 6.07) is 2.54. The van der Waals surface area contributed by atoms with Crippen LogP contribution >= 0.6 is 11.6 Å². The first kappa shape index (κ1) is 19.4. The van der Waals surface area contributed by atoms with Crippen LogP contribution in [0.25, 0.3) is 0 Å². The third-order valence-electron chi connectivity index (χ3n) is 3.53. The van der Waals surface area contributed by atoms with Crippen molar-refractivity contribution >= 4 is 29.2 Å². The number of esters is 1. The molecular weight excluding hydrogens is 322 g/mol. The Morgan fingerprint density at radius 1 is 1.30 bits per heavy atom. The molecule has 0 radical (unpaired) electrons. The van der Waals surface area contributed by atoms with E-state index in [9.17, 15) is 14.7 Å². The molecule has 1 aromatic carbocycles. The van der Waals surface area contributed by atoms with Crippen LogP contribution in [0.15, 0.2) is 12.1 Å². The summed E-state index contributed by atoms with van der Waals surface area (Å²) in [6.45, 7) is 3.11. The number of carbonyl (C=O) groups is 2. The number of nitrogens with zero attached hydrogens (tertiary/aromatic N) is 1. The van der Waals surface area contributed by atoms with Gasteiger partial charge in [-0.15, -0.1) is 0 Å². The Bertz CT molecular complexity index is 576. The number of methoxy groups -OCH3 is 2. The first-order chi connectivity index (χ1) is 10.9. The Morgan fingerprint density at radius 3 is 2.48 bits per heavy atom. The third kappa shape index (κ3) is 4.43. The van der Waals surface area contributed by atoms with Crippen LogP contribution in [0, 0.1) is 13.8 Å². The number of aliphatic hydroxyl groups excluding tert-OH is 1. The molecule has 1 rings (SSSR count). The van der Waals surface area contributed by atoms with E-state index in [1.54, 1.807) is 19.1 Å². The molecule has 0 spiro atoms. The Labute approximate surface area is 140 Å². The summed E-state index contributed by atoms with van der Waals surface area (Å²) in [7, 11) is 2.64. The highest BCUT2D eigenvalue weighted by Crippen LogP contribution is 2.32. The van der Waals surface area contributed by atoms with Gasteiger partial charge in [0.1, 0.15) is 12.6 Å². The van der Waals surface area contributed by atoms with Gasteiger partial charge in [0.2, 0.25) is 0 Å². The van der Waals surface area contributed by atoms with Crippen molar-refractivity contribution in [2.45, 2.75) is 26.3 Å². The van der Waals surface area contributed by atoms with Crippen molar-refractivity contribution in [1.29, 1.82) is 0 Å². The van der Waals surface area contributed by atoms with Crippen LogP contribution < -0.4 is 4.90 Å². The second-order valence-corrected chi connectivity index (χ2v) is 5.49. The number of aliphatic hydroxyl groups is 1. The first-order valence-corrected chi connectivity index (χ1v) is 7.52. The minimum absolute atomic E-state index is 0.0491. The largest absolute Gasteiger partial charge is 0.467 e. The molecule has 0 bridgehead atoms. The van der Waals surface area contributed by atoms with Crippen molar-refractivity contribution in [2.24, 2.45) is 0 Å². The van der Waals surface area contributed by atoms with Crippen molar-refractivity contribution in [2.75, 3.05) is 32.3 Å². The fourth-order valence-corrected chi connectivity index (χ4v) is 2.59. The molecule has 23 heavy (non-hydrogen) atoms. The van der Waals surface area contributed by atoms with E-state index in [1.807, 2.05) is 6.92 Å². The number of benzene rings is 1. The van der Waals surface area contributed by atoms with Crippen LogP contribution in [-0.2, 0) is 19.1 Å². The first-order valence-electron chi connectivity index (χ1n) is 7.14. The minimum Gasteiger partial charge on any atom is -0.467 e. The number of ether oxygens (including phenoxy) is 2. The van der Waals surface area contributed by atoms with Crippen molar-refractivity contribution in [1.82, 2.24) is 0 Å². The lowest BCUT2D eigenvalue weighted by Gasteiger charge is -2.32. The standard InChI is InChI=1S/C16H22ClNO5/c1-10-5-6-12(17)11(2)15(10)18(14(20)9-22-3)13(7-8-19)16(21)23-4/h5-6,13,19H,7-9H2,1-4H3/t13-/m0/s1. The van der Waals surface area contributed by atoms with Gasteiger partial charge in [-0.1, -0.05) is 17.7 Å². The Balaban J connectivity index is 3.49. The number of carbonyl (C=O) groups excluding carboxylic acids is 2. The minimum atomic E-state index is -0.955. The van der Waals surface area contributed by atoms with E-state index < -0.39 is 17.9 Å². The highest BCUT2D eigenvalue weighted by atomic mass is 35.5. The second kappa shape index (κ2) is 8.86. The number of anilines is 1. The van der Waals surface area contributed by atoms with E-state index in [4.69, 9.17) is 21.1 Å². The second-order valence-electron chi connectivity index (χ2n) is 5.09. The van der Waals surface area contributed by atoms with Crippen molar-refractivity contribution in [3.8, 4) is 0 Å². The van der Waals surface area contributed by atoms with Gasteiger partial charge in [0, 0.05) is 25.2 Å². The van der Waals surface area contributed by atoms with E-state index in [0.717, 1.165) is 5.56 Å². The molecule has 128 valence electrons. The quantitative estimate of drug-likeness (QED) is 0.765. The molecule has 1 atom stereocenters. The van der Waals surface area contributed by atoms with Gasteiger partial charge in [-0.3, -0.25) is 9.69 Å². The zero-order valence-electron chi connectivity index (χ0n) is 13.8. The number of aryl methyl sites for hydroxylation is 1. The van der Waals surface area contributed by atoms with Gasteiger partial charge in [0.05, 0.1) is 12.8 Å². The normalized spacial score (nSPS) is 11.9. The fraction of sp³-hybridized carbons (Fsp3) is 0.500. The molecule has 0 heterocycles. The molecule has 7 heteroatoms. The van der Waals surface area contributed by atoms with Crippen LogP contribution in [0.3, 0.4) is 0 Å². The molecule has 0 saturated carbocycles. The van der Waals surface area contributed by atoms with E-state index in [2.05, 4.69) is 0 Å². The highest BCUT2D eigenvalue weighted by molar-refractivity contribution is 6.32. The maximum absolute atomic E-state index is 12.6. The average Bonchev–Trinajstić information content (AvgIpc) is 2.53. The van der Waals surface area contributed by atoms with E-state index in [1.165, 1.54) is 19.1 Å². The lowest BCUT2D eigenvalue weighted by Crippen LogP contribution is -2.48. The van der Waals surface area contributed by atoms with Crippen LogP contribution in [0.4, 0.5) is 5.69 Å². The van der Waals surface area contributed by atoms with Crippen molar-refractivity contribution in [3.05, 3.63) is 28.3 Å². The van der Waals surface area contributed by atoms with Crippen LogP contribution in [-0.4, -0.2) is 50.5 Å². The van der Waals surface area contributed by atoms with Crippen LogP contribution in [0.2, 0.25) is 5.02 Å². The SMILES string of the molecule is COCC(=O)N(c1c(C)ccc(Cl)c1C)[C@@H](CCO)C(=O)OC. The summed E-state index contributed by atoms with van der Waals surface area (Å²) in [4.78, 5) is 26.0. The van der Waals surface area contributed by atoms with Gasteiger partial charge in [-0.2, -0.15) is 0 Å². The molecule has 1 aromatic rings. The molecule has 0 aromatic heterocycles. The molecule has 0 unspecified atom stereocenters. The van der Waals surface area contributed by atoms with Gasteiger partial charge in [-0.05, 0) is 31.0 Å². The summed E-state index contributed by atoms with van der Waals surface area (Å²) >= 11 is 6.17. The summed E-state index contributed by atoms with van der Waals surface area (Å²) < 4.78 is 9.71. The maximum Gasteiger partial charge on any atom is 0.329 e. The smallest absolute Gasteiger partial charge is 0.329 e. The summed E-state index contributed by atoms with van der Waals surface area (Å²) in [5.74, 6) is -1.02. The van der Waals surface area contributed by atoms with Crippen molar-refractivity contribution < 1.29 is 24.2 Å². The summed E-state index contributed by atoms with van der Waals surface area (Å²) in [5, 5.41) is 9.76. The molecule has 1 N–H and O–H groups in total. The molecular formula is C16H22ClNO5. The number of hydrogen-bond acceptors (Lipinski definition) is 5. The van der Waals surface area contributed by atoms with Gasteiger partial charge < -0.3 is 14.6 Å². The van der Waals surface area contributed by atoms with Gasteiger partial charge in [0.15, 0.2) is 0 Å². The molecule has 1 amide bonds. The molecule has 0 aliphatic rings. The average molecular weight is 344 g/mol. The van der Waals surface area contributed by atoms with Gasteiger partial charge in [-0.25, -0.2) is 4.79 Å². The van der Waals surface area contributed by atoms with Crippen molar-refractivity contribution in [3.63, 3.8) is 0 Å². The lowest BCUT2D eigenvalue weighted by molar-refractivity contribution is -0.144. The summed E-state index contributed by atoms with van der Waals surface area (Å²) in [6.07, 6.45) is 0.0491. The Kier molecular flexibility index (Phi) is 7.48. The fourth-order valence-electron chi connectivity index (χ4n) is 2.44. The number of hydrogen-bond donors (Lipinski definition) is 1. The predicted octanol–water partition coefficient (Wildman–Crippen LogP) is 1.86. The zero-order valence-corrected chi connectivity index (χ0v) is 14.5. The molecule has 0 aliphatic carbocycles. The van der Waals surface area contributed by atoms with E-state index >= 15 is 0 Å². The number of amides is 1. The molecule has 0 aliphatic heterocycles. The molecule has 6 nitrogen and oxygen atoms in total. The molecule has 0 fully saturated rings. The topological polar surface area (TPSA) is 76.1 Å². The van der Waals surface area contributed by atoms with E-state index in [-0.39, 0.29) is 19.6 Å². The van der Waals surface area contributed by atoms with Crippen LogP contribution in [0.5, 0.6) is 0 Å². The maximum atomic E-state index is 12.6. The van der Waals surface area contributed by atoms with E-state index in [0.29, 0.717) is 16.3 Å². The monoisotopic (exact) mass is 343 g/mol. The number of halogens is 1. The van der Waals surface area contributed by atoms with Gasteiger partial charge >= 0.3 is 5.97 Å². The molecule has 0 saturated heterocycles. The van der Waals surface area contributed by atoms with Crippen LogP contribution in [0.1, 0.15) is 17.5 Å². The Hall–Kier alpha value is -1.63. The summed E-state index contributed by atoms with van der Waals surface area (Å²) in [5.41, 5.74) is 1.98. The highest BCUT2D eigenvalue weighted by Gasteiger charge is 2.33. The Morgan fingerprint density at radius 2 is 1.96 bits per heavy atom. The third-order valence-corrected chi connectivity index (χ3v) is 3.94. The number of rotatable bonds is 7. The zero-order chi connectivity index (χ0) is 17.6. The predicted molar refractivity (Wildman–Crippen MR) is 87.8 cm³/mol. The van der Waals surface area contributed by atoms with Gasteiger partial charge in [0.25, 0.3) is 5.91 Å². The lowest BCUT2D eigenvalue weighted by atomic mass is 10.0.